The number of methoxy groups -OCH3 is 2. The Morgan fingerprint density at radius 1 is 0.861 bits per heavy atom. The highest BCUT2D eigenvalue weighted by Gasteiger charge is 2.40. The fraction of sp³-hybridized carbons (Fsp3) is 0.269. The molecule has 0 bridgehead atoms. The van der Waals surface area contributed by atoms with Crippen molar-refractivity contribution in [2.45, 2.75) is 31.0 Å². The predicted octanol–water partition coefficient (Wildman–Crippen LogP) is 3.00. The van der Waals surface area contributed by atoms with Crippen LogP contribution in [0.3, 0.4) is 0 Å². The van der Waals surface area contributed by atoms with Gasteiger partial charge in [-0.1, -0.05) is 6.07 Å². The lowest BCUT2D eigenvalue weighted by molar-refractivity contribution is -0.135. The van der Waals surface area contributed by atoms with Gasteiger partial charge in [0.1, 0.15) is 23.4 Å². The van der Waals surface area contributed by atoms with Gasteiger partial charge in [0.05, 0.1) is 26.7 Å². The SMILES string of the molecule is COc1cc([C@H]2CC(=O)Oc3cc(O)c4c(c32)O[C@H](c2ccc(O)c(O)c2)[C@H](O)C4)cc(OC)c1O. The highest BCUT2D eigenvalue weighted by atomic mass is 16.5. The lowest BCUT2D eigenvalue weighted by Gasteiger charge is -2.36. The maximum atomic E-state index is 12.5. The largest absolute Gasteiger partial charge is 0.507 e. The number of fused-ring (bicyclic) bond motifs is 3. The second-order valence-electron chi connectivity index (χ2n) is 8.68. The van der Waals surface area contributed by atoms with Crippen molar-refractivity contribution in [3.63, 3.8) is 0 Å². The van der Waals surface area contributed by atoms with Crippen LogP contribution in [0.1, 0.15) is 40.7 Å². The fourth-order valence-electron chi connectivity index (χ4n) is 4.79. The van der Waals surface area contributed by atoms with E-state index in [-0.39, 0.29) is 58.8 Å². The number of aromatic hydroxyl groups is 4. The van der Waals surface area contributed by atoms with Crippen molar-refractivity contribution >= 4 is 5.97 Å². The quantitative estimate of drug-likeness (QED) is 0.207. The Hall–Kier alpha value is -4.31. The highest BCUT2D eigenvalue weighted by Crippen LogP contribution is 2.53. The van der Waals surface area contributed by atoms with Crippen molar-refractivity contribution in [2.24, 2.45) is 0 Å². The third-order valence-corrected chi connectivity index (χ3v) is 6.54. The number of aliphatic hydroxyl groups is 1. The molecule has 36 heavy (non-hydrogen) atoms. The van der Waals surface area contributed by atoms with Crippen molar-refractivity contribution < 1.29 is 49.3 Å². The predicted molar refractivity (Wildman–Crippen MR) is 124 cm³/mol. The van der Waals surface area contributed by atoms with Crippen molar-refractivity contribution in [1.29, 1.82) is 0 Å². The average Bonchev–Trinajstić information content (AvgIpc) is 2.85. The molecule has 2 aliphatic heterocycles. The van der Waals surface area contributed by atoms with Gasteiger partial charge in [-0.05, 0) is 35.4 Å². The van der Waals surface area contributed by atoms with Crippen LogP contribution in [0, 0.1) is 0 Å². The maximum Gasteiger partial charge on any atom is 0.312 e. The fourth-order valence-corrected chi connectivity index (χ4v) is 4.79. The summed E-state index contributed by atoms with van der Waals surface area (Å²) in [5.41, 5.74) is 1.77. The van der Waals surface area contributed by atoms with E-state index in [0.29, 0.717) is 22.3 Å². The maximum absolute atomic E-state index is 12.5. The smallest absolute Gasteiger partial charge is 0.312 e. The van der Waals surface area contributed by atoms with Crippen LogP contribution < -0.4 is 18.9 Å². The molecule has 0 saturated heterocycles. The van der Waals surface area contributed by atoms with Gasteiger partial charge in [-0.15, -0.1) is 0 Å². The number of hydrogen-bond donors (Lipinski definition) is 5. The molecule has 0 amide bonds. The Morgan fingerprint density at radius 3 is 2.19 bits per heavy atom. The van der Waals surface area contributed by atoms with E-state index in [2.05, 4.69) is 0 Å². The molecule has 2 heterocycles. The van der Waals surface area contributed by atoms with Crippen molar-refractivity contribution in [2.75, 3.05) is 14.2 Å². The second-order valence-corrected chi connectivity index (χ2v) is 8.68. The first-order valence-electron chi connectivity index (χ1n) is 11.1. The van der Waals surface area contributed by atoms with E-state index in [4.69, 9.17) is 18.9 Å². The van der Waals surface area contributed by atoms with Crippen LogP contribution in [0.25, 0.3) is 0 Å². The van der Waals surface area contributed by atoms with Gasteiger partial charge in [0.25, 0.3) is 0 Å². The standard InChI is InChI=1S/C26H24O10/c1-33-20-6-12(7-21(34-2)24(20)32)13-9-22(31)35-19-10-16(28)14-8-18(30)25(36-26(14)23(13)19)11-3-4-15(27)17(29)5-11/h3-7,10,13,18,25,27-30,32H,8-9H2,1-2H3/t13-,18-,25-/m1/s1. The van der Waals surface area contributed by atoms with Crippen molar-refractivity contribution in [3.8, 4) is 46.0 Å². The van der Waals surface area contributed by atoms with Crippen molar-refractivity contribution in [1.82, 2.24) is 0 Å². The third-order valence-electron chi connectivity index (χ3n) is 6.54. The topological polar surface area (TPSA) is 155 Å². The van der Waals surface area contributed by atoms with Gasteiger partial charge in [-0.3, -0.25) is 4.79 Å². The Morgan fingerprint density at radius 2 is 1.56 bits per heavy atom. The van der Waals surface area contributed by atoms with E-state index >= 15 is 0 Å². The minimum absolute atomic E-state index is 0.0175. The molecular formula is C26H24O10. The number of phenols is 4. The Labute approximate surface area is 205 Å². The zero-order valence-electron chi connectivity index (χ0n) is 19.4. The first-order valence-corrected chi connectivity index (χ1v) is 11.1. The van der Waals surface area contributed by atoms with E-state index in [1.54, 1.807) is 12.1 Å². The Bertz CT molecular complexity index is 1340. The monoisotopic (exact) mass is 496 g/mol. The summed E-state index contributed by atoms with van der Waals surface area (Å²) in [6.45, 7) is 0. The van der Waals surface area contributed by atoms with Crippen LogP contribution in [0.5, 0.6) is 46.0 Å². The minimum atomic E-state index is -1.08. The number of rotatable bonds is 4. The molecule has 2 aliphatic rings. The van der Waals surface area contributed by atoms with Crippen LogP contribution in [0.4, 0.5) is 0 Å². The zero-order chi connectivity index (χ0) is 25.7. The molecule has 10 heteroatoms. The molecule has 0 fully saturated rings. The molecule has 5 rings (SSSR count). The van der Waals surface area contributed by atoms with Crippen LogP contribution in [-0.4, -0.2) is 51.8 Å². The van der Waals surface area contributed by atoms with E-state index in [9.17, 15) is 30.3 Å². The lowest BCUT2D eigenvalue weighted by atomic mass is 9.82. The number of carbonyl (C=O) groups is 1. The Balaban J connectivity index is 1.68. The molecular weight excluding hydrogens is 472 g/mol. The summed E-state index contributed by atoms with van der Waals surface area (Å²) in [7, 11) is 2.78. The highest BCUT2D eigenvalue weighted by molar-refractivity contribution is 5.80. The summed E-state index contributed by atoms with van der Waals surface area (Å²) in [6, 6.07) is 8.56. The summed E-state index contributed by atoms with van der Waals surface area (Å²) in [6.07, 6.45) is -2.08. The van der Waals surface area contributed by atoms with E-state index in [0.717, 1.165) is 0 Å². The van der Waals surface area contributed by atoms with Crippen LogP contribution >= 0.6 is 0 Å². The second kappa shape index (κ2) is 8.72. The number of ether oxygens (including phenoxy) is 4. The number of aliphatic hydroxyl groups excluding tert-OH is 1. The number of esters is 1. The van der Waals surface area contributed by atoms with Crippen LogP contribution in [-0.2, 0) is 11.2 Å². The van der Waals surface area contributed by atoms with Gasteiger partial charge in [-0.25, -0.2) is 0 Å². The molecule has 0 spiro atoms. The van der Waals surface area contributed by atoms with Gasteiger partial charge in [-0.2, -0.15) is 0 Å². The first-order chi connectivity index (χ1) is 17.2. The minimum Gasteiger partial charge on any atom is -0.507 e. The molecule has 0 aromatic heterocycles. The summed E-state index contributed by atoms with van der Waals surface area (Å²) in [4.78, 5) is 12.5. The Kier molecular flexibility index (Phi) is 5.68. The molecule has 0 saturated carbocycles. The number of hydrogen-bond acceptors (Lipinski definition) is 10. The lowest BCUT2D eigenvalue weighted by Crippen LogP contribution is -2.32. The molecule has 3 atom stereocenters. The molecule has 188 valence electrons. The van der Waals surface area contributed by atoms with Gasteiger partial charge < -0.3 is 44.5 Å². The molecule has 3 aromatic carbocycles. The number of carbonyl (C=O) groups excluding carboxylic acids is 1. The van der Waals surface area contributed by atoms with Crippen molar-refractivity contribution in [3.05, 3.63) is 58.7 Å². The van der Waals surface area contributed by atoms with E-state index in [1.807, 2.05) is 0 Å². The molecule has 0 aliphatic carbocycles. The average molecular weight is 496 g/mol. The van der Waals surface area contributed by atoms with Gasteiger partial charge in [0.2, 0.25) is 5.75 Å². The van der Waals surface area contributed by atoms with Gasteiger partial charge >= 0.3 is 5.97 Å². The third kappa shape index (κ3) is 3.75. The number of phenolic OH excluding ortho intramolecular Hbond substituents is 4. The van der Waals surface area contributed by atoms with Crippen LogP contribution in [0.15, 0.2) is 36.4 Å². The zero-order valence-corrected chi connectivity index (χ0v) is 19.4. The summed E-state index contributed by atoms with van der Waals surface area (Å²) >= 11 is 0. The van der Waals surface area contributed by atoms with Crippen LogP contribution in [0.2, 0.25) is 0 Å². The normalized spacial score (nSPS) is 20.5. The molecule has 5 N–H and O–H groups in total. The molecule has 10 nitrogen and oxygen atoms in total. The summed E-state index contributed by atoms with van der Waals surface area (Å²) in [5, 5.41) is 51.5. The van der Waals surface area contributed by atoms with E-state index < -0.39 is 24.1 Å². The number of benzene rings is 3. The van der Waals surface area contributed by atoms with Gasteiger partial charge in [0.15, 0.2) is 23.0 Å². The first kappa shape index (κ1) is 23.4. The molecule has 0 radical (unpaired) electrons. The molecule has 3 aromatic rings. The molecule has 0 unspecified atom stereocenters. The summed E-state index contributed by atoms with van der Waals surface area (Å²) < 4.78 is 22.2. The van der Waals surface area contributed by atoms with Gasteiger partial charge in [0, 0.05) is 29.5 Å². The summed E-state index contributed by atoms with van der Waals surface area (Å²) in [5.74, 6) is -1.62. The van der Waals surface area contributed by atoms with E-state index in [1.165, 1.54) is 38.5 Å².